The van der Waals surface area contributed by atoms with Crippen LogP contribution < -0.4 is 4.74 Å². The lowest BCUT2D eigenvalue weighted by Gasteiger charge is -2.44. The number of rotatable bonds is 9. The average Bonchev–Trinajstić information content (AvgIpc) is 2.60. The van der Waals surface area contributed by atoms with E-state index < -0.39 is 11.7 Å². The largest absolute Gasteiger partial charge is 0.484 e. The van der Waals surface area contributed by atoms with E-state index in [1.54, 1.807) is 0 Å². The number of hydrogen-bond acceptors (Lipinski definition) is 4. The minimum absolute atomic E-state index is 0.0443. The lowest BCUT2D eigenvalue weighted by atomic mass is 9.76. The van der Waals surface area contributed by atoms with Crippen molar-refractivity contribution in [2.45, 2.75) is 103 Å². The molecule has 1 aliphatic heterocycles. The van der Waals surface area contributed by atoms with Crippen LogP contribution >= 0.6 is 0 Å². The number of carbonyl (C=O) groups excluding carboxylic acids is 1. The van der Waals surface area contributed by atoms with E-state index in [-0.39, 0.29) is 23.9 Å². The van der Waals surface area contributed by atoms with Crippen molar-refractivity contribution in [3.05, 3.63) is 29.3 Å². The fourth-order valence-electron chi connectivity index (χ4n) is 4.33. The van der Waals surface area contributed by atoms with Crippen molar-refractivity contribution >= 4 is 5.97 Å². The molecule has 1 aromatic rings. The molecule has 0 bridgehead atoms. The summed E-state index contributed by atoms with van der Waals surface area (Å²) >= 11 is 0. The first kappa shape index (κ1) is 22.7. The van der Waals surface area contributed by atoms with Gasteiger partial charge in [-0.1, -0.05) is 58.6 Å². The van der Waals surface area contributed by atoms with Gasteiger partial charge in [-0.3, -0.25) is 4.79 Å². The van der Waals surface area contributed by atoms with Gasteiger partial charge in [0.25, 0.3) is 0 Å². The van der Waals surface area contributed by atoms with Gasteiger partial charge in [0.1, 0.15) is 17.5 Å². The van der Waals surface area contributed by atoms with Crippen molar-refractivity contribution in [1.82, 2.24) is 0 Å². The van der Waals surface area contributed by atoms with E-state index in [1.165, 1.54) is 38.2 Å². The van der Waals surface area contributed by atoms with E-state index in [2.05, 4.69) is 39.0 Å². The summed E-state index contributed by atoms with van der Waals surface area (Å²) in [7, 11) is 0. The maximum atomic E-state index is 11.7. The van der Waals surface area contributed by atoms with Crippen LogP contribution in [0.15, 0.2) is 18.2 Å². The van der Waals surface area contributed by atoms with Crippen molar-refractivity contribution in [1.29, 1.82) is 0 Å². The van der Waals surface area contributed by atoms with E-state index in [0.717, 1.165) is 17.7 Å². The Hall–Kier alpha value is -1.55. The molecule has 2 atom stereocenters. The molecule has 0 amide bonds. The van der Waals surface area contributed by atoms with Crippen molar-refractivity contribution in [2.24, 2.45) is 0 Å². The highest BCUT2D eigenvalue weighted by molar-refractivity contribution is 5.66. The quantitative estimate of drug-likeness (QED) is 0.446. The van der Waals surface area contributed by atoms with Gasteiger partial charge in [-0.15, -0.1) is 0 Å². The van der Waals surface area contributed by atoms with Gasteiger partial charge < -0.3 is 14.6 Å². The van der Waals surface area contributed by atoms with Crippen molar-refractivity contribution in [2.75, 3.05) is 6.61 Å². The number of fused-ring (bicyclic) bond motifs is 1. The minimum atomic E-state index is -0.650. The number of aliphatic hydroxyl groups is 1. The van der Waals surface area contributed by atoms with Crippen LogP contribution in [0.4, 0.5) is 0 Å². The zero-order valence-corrected chi connectivity index (χ0v) is 18.5. The Morgan fingerprint density at radius 3 is 2.57 bits per heavy atom. The molecule has 0 fully saturated rings. The zero-order valence-electron chi connectivity index (χ0n) is 18.5. The second-order valence-corrected chi connectivity index (χ2v) is 9.30. The highest BCUT2D eigenvalue weighted by atomic mass is 16.6. The Morgan fingerprint density at radius 1 is 1.25 bits per heavy atom. The molecule has 1 aromatic carbocycles. The van der Waals surface area contributed by atoms with Crippen LogP contribution in [-0.4, -0.2) is 29.4 Å². The first-order valence-electron chi connectivity index (χ1n) is 10.7. The summed E-state index contributed by atoms with van der Waals surface area (Å²) in [4.78, 5) is 11.7. The zero-order chi connectivity index (χ0) is 20.9. The maximum Gasteiger partial charge on any atom is 0.303 e. The minimum Gasteiger partial charge on any atom is -0.484 e. The molecule has 0 aliphatic carbocycles. The second-order valence-electron chi connectivity index (χ2n) is 9.30. The van der Waals surface area contributed by atoms with Gasteiger partial charge in [0.15, 0.2) is 0 Å². The summed E-state index contributed by atoms with van der Waals surface area (Å²) in [6.07, 6.45) is 6.30. The van der Waals surface area contributed by atoms with Gasteiger partial charge in [0, 0.05) is 25.0 Å². The Labute approximate surface area is 170 Å². The fraction of sp³-hybridized carbons (Fsp3) is 0.708. The highest BCUT2D eigenvalue weighted by Gasteiger charge is 2.46. The van der Waals surface area contributed by atoms with Crippen LogP contribution in [0.2, 0.25) is 0 Å². The standard InChI is InChI=1S/C24H38O4/c1-7-8-9-10-14-23(3,4)18-11-12-19-20(13-15-25)22(27-17(2)26)24(5,6)28-21(19)16-18/h11-12,16,20,22,25H,7-10,13-15H2,1-6H3. The SMILES string of the molecule is CCCCCCC(C)(C)c1ccc2c(c1)OC(C)(C)C(OC(C)=O)C2CCO. The van der Waals surface area contributed by atoms with E-state index in [1.807, 2.05) is 13.8 Å². The van der Waals surface area contributed by atoms with Gasteiger partial charge in [-0.2, -0.15) is 0 Å². The molecule has 0 saturated heterocycles. The molecule has 1 heterocycles. The monoisotopic (exact) mass is 390 g/mol. The van der Waals surface area contributed by atoms with Gasteiger partial charge in [-0.05, 0) is 43.7 Å². The molecule has 2 unspecified atom stereocenters. The van der Waals surface area contributed by atoms with E-state index in [4.69, 9.17) is 9.47 Å². The Bertz CT molecular complexity index is 663. The van der Waals surface area contributed by atoms with Crippen molar-refractivity contribution < 1.29 is 19.4 Å². The number of carbonyl (C=O) groups is 1. The number of benzene rings is 1. The Morgan fingerprint density at radius 2 is 1.96 bits per heavy atom. The smallest absolute Gasteiger partial charge is 0.303 e. The molecule has 0 aromatic heterocycles. The third-order valence-corrected chi connectivity index (χ3v) is 6.01. The predicted molar refractivity (Wildman–Crippen MR) is 113 cm³/mol. The van der Waals surface area contributed by atoms with Crippen LogP contribution in [0.3, 0.4) is 0 Å². The van der Waals surface area contributed by atoms with Crippen LogP contribution in [0.1, 0.15) is 97.1 Å². The summed E-state index contributed by atoms with van der Waals surface area (Å²) in [6, 6.07) is 6.44. The molecule has 0 radical (unpaired) electrons. The van der Waals surface area contributed by atoms with Gasteiger partial charge in [-0.25, -0.2) is 0 Å². The molecular formula is C24H38O4. The first-order chi connectivity index (χ1) is 13.1. The summed E-state index contributed by atoms with van der Waals surface area (Å²) in [5, 5.41) is 9.61. The van der Waals surface area contributed by atoms with Crippen LogP contribution in [0, 0.1) is 0 Å². The summed E-state index contributed by atoms with van der Waals surface area (Å²) in [6.45, 7) is 12.2. The highest BCUT2D eigenvalue weighted by Crippen LogP contribution is 2.46. The van der Waals surface area contributed by atoms with Gasteiger partial charge in [0.2, 0.25) is 0 Å². The van der Waals surface area contributed by atoms with E-state index in [0.29, 0.717) is 6.42 Å². The summed E-state index contributed by atoms with van der Waals surface area (Å²) in [5.41, 5.74) is 1.72. The molecule has 2 rings (SSSR count). The molecule has 1 N–H and O–H groups in total. The topological polar surface area (TPSA) is 55.8 Å². The van der Waals surface area contributed by atoms with Gasteiger partial charge >= 0.3 is 5.97 Å². The van der Waals surface area contributed by atoms with Crippen LogP contribution in [0.25, 0.3) is 0 Å². The maximum absolute atomic E-state index is 11.7. The number of hydrogen-bond donors (Lipinski definition) is 1. The fourth-order valence-corrected chi connectivity index (χ4v) is 4.33. The van der Waals surface area contributed by atoms with Crippen molar-refractivity contribution in [3.8, 4) is 5.75 Å². The Balaban J connectivity index is 2.32. The second kappa shape index (κ2) is 9.30. The molecule has 28 heavy (non-hydrogen) atoms. The summed E-state index contributed by atoms with van der Waals surface area (Å²) in [5.74, 6) is 0.457. The molecule has 158 valence electrons. The molecular weight excluding hydrogens is 352 g/mol. The lowest BCUT2D eigenvalue weighted by Crippen LogP contribution is -2.51. The number of esters is 1. The Kier molecular flexibility index (Phi) is 7.55. The molecule has 1 aliphatic rings. The number of aliphatic hydroxyl groups excluding tert-OH is 1. The predicted octanol–water partition coefficient (Wildman–Crippen LogP) is 5.50. The lowest BCUT2D eigenvalue weighted by molar-refractivity contribution is -0.162. The molecule has 4 heteroatoms. The van der Waals surface area contributed by atoms with Gasteiger partial charge in [0.05, 0.1) is 0 Å². The number of ether oxygens (including phenoxy) is 2. The summed E-state index contributed by atoms with van der Waals surface area (Å²) < 4.78 is 12.0. The van der Waals surface area contributed by atoms with Crippen LogP contribution in [0.5, 0.6) is 5.75 Å². The first-order valence-corrected chi connectivity index (χ1v) is 10.7. The van der Waals surface area contributed by atoms with Crippen molar-refractivity contribution in [3.63, 3.8) is 0 Å². The number of unbranched alkanes of at least 4 members (excludes halogenated alkanes) is 3. The molecule has 4 nitrogen and oxygen atoms in total. The third-order valence-electron chi connectivity index (χ3n) is 6.01. The molecule has 0 spiro atoms. The third kappa shape index (κ3) is 5.28. The molecule has 0 saturated carbocycles. The van der Waals surface area contributed by atoms with Crippen LogP contribution in [-0.2, 0) is 14.9 Å². The van der Waals surface area contributed by atoms with E-state index in [9.17, 15) is 9.90 Å². The average molecular weight is 391 g/mol. The normalized spacial score (nSPS) is 21.0. The van der Waals surface area contributed by atoms with E-state index >= 15 is 0 Å².